The first-order valence-electron chi connectivity index (χ1n) is 7.27. The summed E-state index contributed by atoms with van der Waals surface area (Å²) in [4.78, 5) is 23.9. The molecule has 24 heavy (non-hydrogen) atoms. The summed E-state index contributed by atoms with van der Waals surface area (Å²) in [6.07, 6.45) is -0.187. The van der Waals surface area contributed by atoms with Gasteiger partial charge in [0.05, 0.1) is 27.9 Å². The Hall–Kier alpha value is -2.09. The maximum Gasteiger partial charge on any atom is 0.343 e. The molecule has 0 aliphatic rings. The van der Waals surface area contributed by atoms with Crippen molar-refractivity contribution >= 4 is 34.5 Å². The van der Waals surface area contributed by atoms with Gasteiger partial charge in [-0.05, 0) is 78.9 Å². The van der Waals surface area contributed by atoms with Crippen molar-refractivity contribution < 1.29 is 23.8 Å². The van der Waals surface area contributed by atoms with Crippen LogP contribution in [0.4, 0.5) is 0 Å². The summed E-state index contributed by atoms with van der Waals surface area (Å²) in [6, 6.07) is 11.3. The van der Waals surface area contributed by atoms with Crippen molar-refractivity contribution in [3.8, 4) is 11.5 Å². The zero-order valence-corrected chi connectivity index (χ0v) is 15.7. The van der Waals surface area contributed by atoms with Crippen LogP contribution in [-0.4, -0.2) is 25.2 Å². The fraction of sp³-hybridized carbons (Fsp3) is 0.222. The van der Waals surface area contributed by atoms with Crippen LogP contribution < -0.4 is 9.47 Å². The largest absolute Gasteiger partial charge is 0.496 e. The van der Waals surface area contributed by atoms with Gasteiger partial charge in [-0.3, -0.25) is 0 Å². The fourth-order valence-electron chi connectivity index (χ4n) is 1.90. The molecule has 0 N–H and O–H groups in total. The van der Waals surface area contributed by atoms with E-state index in [2.05, 4.69) is 22.6 Å². The van der Waals surface area contributed by atoms with E-state index < -0.39 is 11.9 Å². The van der Waals surface area contributed by atoms with Gasteiger partial charge in [0.1, 0.15) is 11.5 Å². The van der Waals surface area contributed by atoms with Crippen molar-refractivity contribution in [1.82, 2.24) is 0 Å². The minimum atomic E-state index is -0.479. The summed E-state index contributed by atoms with van der Waals surface area (Å²) in [5.41, 5.74) is 0.825. The number of carbonyl (C=O) groups excluding carboxylic acids is 2. The third kappa shape index (κ3) is 4.70. The number of esters is 2. The van der Waals surface area contributed by atoms with Crippen LogP contribution >= 0.6 is 22.6 Å². The second kappa shape index (κ2) is 8.14. The zero-order valence-electron chi connectivity index (χ0n) is 13.5. The summed E-state index contributed by atoms with van der Waals surface area (Å²) in [6.45, 7) is 3.56. The highest BCUT2D eigenvalue weighted by molar-refractivity contribution is 14.1. The summed E-state index contributed by atoms with van der Waals surface area (Å²) in [5.74, 6) is 0.160. The van der Waals surface area contributed by atoms with Gasteiger partial charge in [-0.1, -0.05) is 0 Å². The molecule has 0 spiro atoms. The van der Waals surface area contributed by atoms with Crippen molar-refractivity contribution in [3.05, 3.63) is 57.2 Å². The predicted molar refractivity (Wildman–Crippen MR) is 97.7 cm³/mol. The average Bonchev–Trinajstić information content (AvgIpc) is 2.54. The number of ether oxygens (including phenoxy) is 3. The van der Waals surface area contributed by atoms with Crippen molar-refractivity contribution in [1.29, 1.82) is 0 Å². The number of carbonyl (C=O) groups is 2. The molecule has 0 heterocycles. The second-order valence-electron chi connectivity index (χ2n) is 5.22. The molecule has 0 bridgehead atoms. The quantitative estimate of drug-likeness (QED) is 0.399. The minimum absolute atomic E-state index is 0.187. The summed E-state index contributed by atoms with van der Waals surface area (Å²) < 4.78 is 16.4. The van der Waals surface area contributed by atoms with E-state index in [4.69, 9.17) is 14.2 Å². The Kier molecular flexibility index (Phi) is 6.19. The van der Waals surface area contributed by atoms with E-state index in [-0.39, 0.29) is 6.10 Å². The van der Waals surface area contributed by atoms with Gasteiger partial charge in [-0.2, -0.15) is 0 Å². The molecule has 0 aromatic heterocycles. The van der Waals surface area contributed by atoms with E-state index in [0.29, 0.717) is 22.6 Å². The Morgan fingerprint density at radius 2 is 1.58 bits per heavy atom. The molecule has 2 aromatic rings. The van der Waals surface area contributed by atoms with Crippen LogP contribution in [0.1, 0.15) is 34.6 Å². The minimum Gasteiger partial charge on any atom is -0.496 e. The molecule has 0 saturated heterocycles. The monoisotopic (exact) mass is 440 g/mol. The van der Waals surface area contributed by atoms with Gasteiger partial charge in [0.2, 0.25) is 0 Å². The Morgan fingerprint density at radius 1 is 0.958 bits per heavy atom. The molecule has 2 aromatic carbocycles. The molecule has 6 heteroatoms. The Balaban J connectivity index is 2.07. The van der Waals surface area contributed by atoms with E-state index >= 15 is 0 Å². The lowest BCUT2D eigenvalue weighted by atomic mass is 10.2. The molecule has 0 aliphatic carbocycles. The normalized spacial score (nSPS) is 10.4. The molecule has 0 unspecified atom stereocenters. The number of rotatable bonds is 5. The van der Waals surface area contributed by atoms with Gasteiger partial charge in [0, 0.05) is 0 Å². The lowest BCUT2D eigenvalue weighted by Crippen LogP contribution is -2.12. The lowest BCUT2D eigenvalue weighted by molar-refractivity contribution is 0.0378. The van der Waals surface area contributed by atoms with Gasteiger partial charge < -0.3 is 14.2 Å². The molecule has 126 valence electrons. The van der Waals surface area contributed by atoms with Crippen molar-refractivity contribution in [2.45, 2.75) is 20.0 Å². The molecular weight excluding hydrogens is 423 g/mol. The standard InChI is InChI=1S/C18H17IO5/c1-11(2)23-17(20)12-4-7-14(8-5-12)24-18(21)13-6-9-16(22-3)15(19)10-13/h4-11H,1-3H3. The van der Waals surface area contributed by atoms with Gasteiger partial charge in [-0.15, -0.1) is 0 Å². The smallest absolute Gasteiger partial charge is 0.343 e. The van der Waals surface area contributed by atoms with Gasteiger partial charge in [-0.25, -0.2) is 9.59 Å². The summed E-state index contributed by atoms with van der Waals surface area (Å²) >= 11 is 2.09. The van der Waals surface area contributed by atoms with Gasteiger partial charge in [0.25, 0.3) is 0 Å². The average molecular weight is 440 g/mol. The molecule has 0 aliphatic heterocycles. The Labute approximate surface area is 154 Å². The SMILES string of the molecule is COc1ccc(C(=O)Oc2ccc(C(=O)OC(C)C)cc2)cc1I. The van der Waals surface area contributed by atoms with E-state index in [1.807, 2.05) is 0 Å². The summed E-state index contributed by atoms with van der Waals surface area (Å²) in [5, 5.41) is 0. The maximum absolute atomic E-state index is 12.2. The highest BCUT2D eigenvalue weighted by atomic mass is 127. The second-order valence-corrected chi connectivity index (χ2v) is 6.38. The Bertz CT molecular complexity index is 738. The van der Waals surface area contributed by atoms with Crippen LogP contribution in [0.3, 0.4) is 0 Å². The first-order chi connectivity index (χ1) is 11.4. The highest BCUT2D eigenvalue weighted by Gasteiger charge is 2.13. The Morgan fingerprint density at radius 3 is 2.12 bits per heavy atom. The van der Waals surface area contributed by atoms with Crippen LogP contribution in [0.5, 0.6) is 11.5 Å². The molecule has 2 rings (SSSR count). The van der Waals surface area contributed by atoms with E-state index in [1.54, 1.807) is 63.4 Å². The molecule has 0 radical (unpaired) electrons. The number of benzene rings is 2. The zero-order chi connectivity index (χ0) is 17.7. The fourth-order valence-corrected chi connectivity index (χ4v) is 2.64. The number of hydrogen-bond donors (Lipinski definition) is 0. The first-order valence-corrected chi connectivity index (χ1v) is 8.35. The predicted octanol–water partition coefficient (Wildman–Crippen LogP) is 4.08. The van der Waals surface area contributed by atoms with Crippen molar-refractivity contribution in [2.75, 3.05) is 7.11 Å². The van der Waals surface area contributed by atoms with Crippen molar-refractivity contribution in [3.63, 3.8) is 0 Å². The molecule has 0 fully saturated rings. The molecule has 0 amide bonds. The van der Waals surface area contributed by atoms with Crippen LogP contribution in [0.2, 0.25) is 0 Å². The third-order valence-corrected chi connectivity index (χ3v) is 3.87. The van der Waals surface area contributed by atoms with Crippen LogP contribution in [0.25, 0.3) is 0 Å². The van der Waals surface area contributed by atoms with Crippen LogP contribution in [-0.2, 0) is 4.74 Å². The number of hydrogen-bond acceptors (Lipinski definition) is 5. The van der Waals surface area contributed by atoms with E-state index in [9.17, 15) is 9.59 Å². The molecular formula is C18H17IO5. The van der Waals surface area contributed by atoms with Gasteiger partial charge in [0.15, 0.2) is 0 Å². The lowest BCUT2D eigenvalue weighted by Gasteiger charge is -2.09. The van der Waals surface area contributed by atoms with Crippen LogP contribution in [0.15, 0.2) is 42.5 Å². The maximum atomic E-state index is 12.2. The number of halogens is 1. The third-order valence-electron chi connectivity index (χ3n) is 3.03. The highest BCUT2D eigenvalue weighted by Crippen LogP contribution is 2.23. The van der Waals surface area contributed by atoms with Crippen molar-refractivity contribution in [2.24, 2.45) is 0 Å². The van der Waals surface area contributed by atoms with Gasteiger partial charge >= 0.3 is 11.9 Å². The molecule has 0 atom stereocenters. The topological polar surface area (TPSA) is 61.8 Å². The molecule has 5 nitrogen and oxygen atoms in total. The summed E-state index contributed by atoms with van der Waals surface area (Å²) in [7, 11) is 1.57. The van der Waals surface area contributed by atoms with E-state index in [0.717, 1.165) is 3.57 Å². The number of methoxy groups -OCH3 is 1. The molecule has 0 saturated carbocycles. The van der Waals surface area contributed by atoms with Crippen LogP contribution in [0, 0.1) is 3.57 Å². The first kappa shape index (κ1) is 18.3. The van der Waals surface area contributed by atoms with E-state index in [1.165, 1.54) is 0 Å².